The minimum Gasteiger partial charge on any atom is -0.403 e. The second-order valence-corrected chi connectivity index (χ2v) is 3.39. The van der Waals surface area contributed by atoms with E-state index in [0.717, 1.165) is 0 Å². The smallest absolute Gasteiger partial charge is 0.403 e. The van der Waals surface area contributed by atoms with Crippen molar-refractivity contribution in [2.45, 2.75) is 0 Å². The predicted octanol–water partition coefficient (Wildman–Crippen LogP) is 1.14. The molecule has 0 fully saturated rings. The number of phosphoric acid groups is 1. The van der Waals surface area contributed by atoms with Crippen molar-refractivity contribution in [3.63, 3.8) is 0 Å². The number of hydrogen-bond acceptors (Lipinski definition) is 2. The highest BCUT2D eigenvalue weighted by Gasteiger charge is 2.17. The zero-order chi connectivity index (χ0) is 9.90. The zero-order valence-corrected chi connectivity index (χ0v) is 7.44. The van der Waals surface area contributed by atoms with E-state index in [4.69, 9.17) is 16.2 Å². The van der Waals surface area contributed by atoms with Crippen LogP contribution in [0.4, 0.5) is 0 Å². The fourth-order valence-electron chi connectivity index (χ4n) is 0.794. The molecule has 0 heterocycles. The van der Waals surface area contributed by atoms with E-state index in [0.29, 0.717) is 5.56 Å². The molecule has 0 aliphatic carbocycles. The summed E-state index contributed by atoms with van der Waals surface area (Å²) in [6.07, 6.45) is 5.09. The third-order valence-electron chi connectivity index (χ3n) is 1.26. The van der Waals surface area contributed by atoms with Crippen LogP contribution in [-0.4, -0.2) is 9.79 Å². The lowest BCUT2D eigenvalue weighted by atomic mass is 10.2. The van der Waals surface area contributed by atoms with Gasteiger partial charge >= 0.3 is 7.82 Å². The van der Waals surface area contributed by atoms with Gasteiger partial charge < -0.3 is 4.52 Å². The quantitative estimate of drug-likeness (QED) is 0.552. The molecule has 0 unspecified atom stereocenters. The Morgan fingerprint density at radius 3 is 2.54 bits per heavy atom. The number of phosphoric ester groups is 1. The van der Waals surface area contributed by atoms with E-state index < -0.39 is 7.82 Å². The molecule has 0 aliphatic heterocycles. The van der Waals surface area contributed by atoms with Crippen molar-refractivity contribution in [2.24, 2.45) is 0 Å². The SMILES string of the molecule is C#Cc1ccccc1OP(=O)(O)O. The van der Waals surface area contributed by atoms with Crippen LogP contribution in [0.5, 0.6) is 5.75 Å². The summed E-state index contributed by atoms with van der Waals surface area (Å²) in [5, 5.41) is 0. The van der Waals surface area contributed by atoms with Crippen LogP contribution >= 0.6 is 7.82 Å². The molecule has 0 saturated heterocycles. The Hall–Kier alpha value is -1.27. The maximum atomic E-state index is 10.5. The van der Waals surface area contributed by atoms with Crippen molar-refractivity contribution in [3.8, 4) is 18.1 Å². The third-order valence-corrected chi connectivity index (χ3v) is 1.69. The molecule has 0 radical (unpaired) electrons. The first-order chi connectivity index (χ1) is 6.03. The molecule has 0 aromatic heterocycles. The van der Waals surface area contributed by atoms with Crippen molar-refractivity contribution in [2.75, 3.05) is 0 Å². The summed E-state index contributed by atoms with van der Waals surface area (Å²) in [7, 11) is -4.52. The van der Waals surface area contributed by atoms with Gasteiger partial charge in [-0.15, -0.1) is 6.42 Å². The largest absolute Gasteiger partial charge is 0.524 e. The maximum Gasteiger partial charge on any atom is 0.524 e. The Bertz CT molecular complexity index is 387. The Morgan fingerprint density at radius 2 is 2.00 bits per heavy atom. The van der Waals surface area contributed by atoms with E-state index in [1.807, 2.05) is 0 Å². The first kappa shape index (κ1) is 9.82. The van der Waals surface area contributed by atoms with Crippen LogP contribution in [0.1, 0.15) is 5.56 Å². The Labute approximate surface area is 75.4 Å². The van der Waals surface area contributed by atoms with Gasteiger partial charge in [0.1, 0.15) is 5.75 Å². The highest BCUT2D eigenvalue weighted by atomic mass is 31.2. The van der Waals surface area contributed by atoms with Crippen LogP contribution in [0.15, 0.2) is 24.3 Å². The Kier molecular flexibility index (Phi) is 2.74. The Balaban J connectivity index is 3.03. The first-order valence-corrected chi connectivity index (χ1v) is 4.87. The molecule has 0 spiro atoms. The van der Waals surface area contributed by atoms with Gasteiger partial charge in [-0.2, -0.15) is 0 Å². The van der Waals surface area contributed by atoms with Crippen molar-refractivity contribution in [1.82, 2.24) is 0 Å². The monoisotopic (exact) mass is 198 g/mol. The number of benzene rings is 1. The lowest BCUT2D eigenvalue weighted by Crippen LogP contribution is -1.92. The first-order valence-electron chi connectivity index (χ1n) is 3.34. The van der Waals surface area contributed by atoms with Crippen LogP contribution in [0.25, 0.3) is 0 Å². The molecule has 0 aliphatic rings. The molecule has 68 valence electrons. The van der Waals surface area contributed by atoms with E-state index in [2.05, 4.69) is 10.4 Å². The van der Waals surface area contributed by atoms with Crippen molar-refractivity contribution < 1.29 is 18.9 Å². The highest BCUT2D eigenvalue weighted by molar-refractivity contribution is 7.46. The zero-order valence-electron chi connectivity index (χ0n) is 6.54. The standard InChI is InChI=1S/C8H7O4P/c1-2-7-5-3-4-6-8(7)12-13(9,10)11/h1,3-6H,(H2,9,10,11). The summed E-state index contributed by atoms with van der Waals surface area (Å²) >= 11 is 0. The third kappa shape index (κ3) is 2.92. The van der Waals surface area contributed by atoms with Crippen LogP contribution in [0.3, 0.4) is 0 Å². The highest BCUT2D eigenvalue weighted by Crippen LogP contribution is 2.38. The second kappa shape index (κ2) is 3.63. The average molecular weight is 198 g/mol. The van der Waals surface area contributed by atoms with Gasteiger partial charge in [-0.05, 0) is 12.1 Å². The lowest BCUT2D eigenvalue weighted by Gasteiger charge is -2.07. The van der Waals surface area contributed by atoms with Gasteiger partial charge in [0.25, 0.3) is 0 Å². The number of terminal acetylenes is 1. The molecule has 0 saturated carbocycles. The van der Waals surface area contributed by atoms with Crippen LogP contribution in [0, 0.1) is 12.3 Å². The van der Waals surface area contributed by atoms with Crippen molar-refractivity contribution >= 4 is 7.82 Å². The molecule has 1 aromatic carbocycles. The van der Waals surface area contributed by atoms with Crippen LogP contribution < -0.4 is 4.52 Å². The fourth-order valence-corrected chi connectivity index (χ4v) is 1.21. The number of rotatable bonds is 2. The number of hydrogen-bond donors (Lipinski definition) is 2. The Morgan fingerprint density at radius 1 is 1.38 bits per heavy atom. The topological polar surface area (TPSA) is 66.8 Å². The molecule has 1 rings (SSSR count). The predicted molar refractivity (Wildman–Crippen MR) is 47.0 cm³/mol. The van der Waals surface area contributed by atoms with E-state index in [1.165, 1.54) is 12.1 Å². The van der Waals surface area contributed by atoms with E-state index >= 15 is 0 Å². The molecular weight excluding hydrogens is 191 g/mol. The average Bonchev–Trinajstić information content (AvgIpc) is 2.02. The second-order valence-electron chi connectivity index (χ2n) is 2.22. The number of para-hydroxylation sites is 1. The minimum atomic E-state index is -4.52. The van der Waals surface area contributed by atoms with E-state index in [1.54, 1.807) is 12.1 Å². The molecule has 13 heavy (non-hydrogen) atoms. The lowest BCUT2D eigenvalue weighted by molar-refractivity contribution is 0.283. The maximum absolute atomic E-state index is 10.5. The van der Waals surface area contributed by atoms with Crippen molar-refractivity contribution in [3.05, 3.63) is 29.8 Å². The molecular formula is C8H7O4P. The summed E-state index contributed by atoms with van der Waals surface area (Å²) in [5.41, 5.74) is 0.311. The van der Waals surface area contributed by atoms with Crippen LogP contribution in [-0.2, 0) is 4.57 Å². The molecule has 5 heteroatoms. The molecule has 0 amide bonds. The van der Waals surface area contributed by atoms with Gasteiger partial charge in [-0.25, -0.2) is 4.57 Å². The summed E-state index contributed by atoms with van der Waals surface area (Å²) < 4.78 is 14.8. The molecule has 4 nitrogen and oxygen atoms in total. The van der Waals surface area contributed by atoms with Crippen molar-refractivity contribution in [1.29, 1.82) is 0 Å². The molecule has 2 N–H and O–H groups in total. The molecule has 0 bridgehead atoms. The fraction of sp³-hybridized carbons (Fsp3) is 0. The summed E-state index contributed by atoms with van der Waals surface area (Å²) in [6, 6.07) is 6.16. The molecule has 1 aromatic rings. The van der Waals surface area contributed by atoms with Gasteiger partial charge in [-0.3, -0.25) is 9.79 Å². The summed E-state index contributed by atoms with van der Waals surface area (Å²) in [6.45, 7) is 0. The van der Waals surface area contributed by atoms with Gasteiger partial charge in [0.2, 0.25) is 0 Å². The van der Waals surface area contributed by atoms with Gasteiger partial charge in [0, 0.05) is 0 Å². The van der Waals surface area contributed by atoms with Gasteiger partial charge in [-0.1, -0.05) is 18.1 Å². The van der Waals surface area contributed by atoms with Gasteiger partial charge in [0.15, 0.2) is 0 Å². The van der Waals surface area contributed by atoms with E-state index in [-0.39, 0.29) is 5.75 Å². The minimum absolute atomic E-state index is 0.0123. The summed E-state index contributed by atoms with van der Waals surface area (Å²) in [4.78, 5) is 17.0. The van der Waals surface area contributed by atoms with Crippen LogP contribution in [0.2, 0.25) is 0 Å². The summed E-state index contributed by atoms with van der Waals surface area (Å²) in [5.74, 6) is 2.26. The normalized spacial score (nSPS) is 10.5. The van der Waals surface area contributed by atoms with Gasteiger partial charge in [0.05, 0.1) is 5.56 Å². The molecule has 0 atom stereocenters. The van der Waals surface area contributed by atoms with E-state index in [9.17, 15) is 4.57 Å².